The Morgan fingerprint density at radius 2 is 1.85 bits per heavy atom. The molecule has 7 heteroatoms. The Labute approximate surface area is 158 Å². The molecule has 0 saturated carbocycles. The van der Waals surface area contributed by atoms with Crippen molar-refractivity contribution in [3.8, 4) is 5.75 Å². The van der Waals surface area contributed by atoms with Crippen LogP contribution < -0.4 is 15.0 Å². The van der Waals surface area contributed by atoms with E-state index in [1.807, 2.05) is 42.8 Å². The molecule has 5 rings (SSSR count). The Morgan fingerprint density at radius 3 is 2.67 bits per heavy atom. The van der Waals surface area contributed by atoms with Crippen LogP contribution in [0.1, 0.15) is 22.6 Å². The van der Waals surface area contributed by atoms with E-state index in [9.17, 15) is 0 Å². The predicted molar refractivity (Wildman–Crippen MR) is 104 cm³/mol. The van der Waals surface area contributed by atoms with E-state index in [2.05, 4.69) is 20.3 Å². The number of nitrogens with one attached hydrogen (secondary N) is 1. The molecular weight excluding hydrogens is 340 g/mol. The van der Waals surface area contributed by atoms with E-state index in [1.165, 1.54) is 17.1 Å². The normalized spacial score (nSPS) is 17.5. The third-order valence-electron chi connectivity index (χ3n) is 5.29. The first-order chi connectivity index (χ1) is 13.2. The molecule has 2 aliphatic heterocycles. The van der Waals surface area contributed by atoms with Crippen LogP contribution in [-0.4, -0.2) is 51.9 Å². The minimum Gasteiger partial charge on any atom is -0.487 e. The Balaban J connectivity index is 1.41. The van der Waals surface area contributed by atoms with Gasteiger partial charge in [-0.05, 0) is 26.8 Å². The van der Waals surface area contributed by atoms with Gasteiger partial charge in [0.2, 0.25) is 0 Å². The van der Waals surface area contributed by atoms with Crippen molar-refractivity contribution in [3.63, 3.8) is 0 Å². The van der Waals surface area contributed by atoms with Crippen LogP contribution in [0.25, 0.3) is 5.65 Å². The van der Waals surface area contributed by atoms with Gasteiger partial charge in [0.25, 0.3) is 0 Å². The van der Waals surface area contributed by atoms with Gasteiger partial charge in [0.15, 0.2) is 5.65 Å². The number of anilines is 1. The van der Waals surface area contributed by atoms with Gasteiger partial charge in [0.05, 0.1) is 25.0 Å². The molecule has 1 saturated heterocycles. The largest absolute Gasteiger partial charge is 0.487 e. The number of ether oxygens (including phenoxy) is 1. The standard InChI is InChI=1S/C20H24N6O/c1-13-9-15(10-14(2)23-13)27-16-11-25(12-16)20-17-3-6-21-7-4-18(17)24-19-5-8-22-26(19)20/h5,8-10,16,21H,3-4,6-7,11-12H2,1-2H3. The maximum Gasteiger partial charge on any atom is 0.157 e. The Bertz CT molecular complexity index is 971. The van der Waals surface area contributed by atoms with Crippen LogP contribution in [-0.2, 0) is 12.8 Å². The highest BCUT2D eigenvalue weighted by Crippen LogP contribution is 2.31. The highest BCUT2D eigenvalue weighted by atomic mass is 16.5. The molecule has 1 N–H and O–H groups in total. The summed E-state index contributed by atoms with van der Waals surface area (Å²) in [6, 6.07) is 6.00. The molecule has 1 fully saturated rings. The summed E-state index contributed by atoms with van der Waals surface area (Å²) < 4.78 is 8.17. The predicted octanol–water partition coefficient (Wildman–Crippen LogP) is 1.70. The number of rotatable bonds is 3. The zero-order valence-electron chi connectivity index (χ0n) is 15.8. The molecule has 140 valence electrons. The molecule has 3 aromatic heterocycles. The lowest BCUT2D eigenvalue weighted by molar-refractivity contribution is 0.166. The monoisotopic (exact) mass is 364 g/mol. The maximum absolute atomic E-state index is 6.19. The van der Waals surface area contributed by atoms with Crippen molar-refractivity contribution in [2.45, 2.75) is 32.8 Å². The molecule has 0 atom stereocenters. The second kappa shape index (κ2) is 6.49. The average Bonchev–Trinajstić information content (AvgIpc) is 2.92. The molecular formula is C20H24N6O. The quantitative estimate of drug-likeness (QED) is 0.763. The van der Waals surface area contributed by atoms with Crippen LogP contribution in [0.5, 0.6) is 5.75 Å². The van der Waals surface area contributed by atoms with Crippen molar-refractivity contribution in [1.29, 1.82) is 0 Å². The Morgan fingerprint density at radius 1 is 1.07 bits per heavy atom. The summed E-state index contributed by atoms with van der Waals surface area (Å²) >= 11 is 0. The molecule has 27 heavy (non-hydrogen) atoms. The minimum absolute atomic E-state index is 0.185. The van der Waals surface area contributed by atoms with Crippen molar-refractivity contribution in [1.82, 2.24) is 24.9 Å². The third kappa shape index (κ3) is 3.02. The molecule has 0 spiro atoms. The van der Waals surface area contributed by atoms with Gasteiger partial charge in [-0.15, -0.1) is 0 Å². The van der Waals surface area contributed by atoms with Gasteiger partial charge >= 0.3 is 0 Å². The van der Waals surface area contributed by atoms with Gasteiger partial charge < -0.3 is 15.0 Å². The molecule has 0 radical (unpaired) electrons. The lowest BCUT2D eigenvalue weighted by Crippen LogP contribution is -2.55. The zero-order valence-corrected chi connectivity index (χ0v) is 15.8. The van der Waals surface area contributed by atoms with Crippen LogP contribution in [0.4, 0.5) is 5.82 Å². The van der Waals surface area contributed by atoms with Gasteiger partial charge in [-0.1, -0.05) is 0 Å². The van der Waals surface area contributed by atoms with Crippen molar-refractivity contribution in [2.75, 3.05) is 31.1 Å². The highest BCUT2D eigenvalue weighted by molar-refractivity contribution is 5.59. The topological polar surface area (TPSA) is 67.6 Å². The van der Waals surface area contributed by atoms with E-state index < -0.39 is 0 Å². The molecule has 0 aromatic carbocycles. The van der Waals surface area contributed by atoms with Crippen LogP contribution in [0, 0.1) is 13.8 Å². The van der Waals surface area contributed by atoms with Crippen LogP contribution in [0.3, 0.4) is 0 Å². The Kier molecular flexibility index (Phi) is 3.97. The number of fused-ring (bicyclic) bond motifs is 2. The van der Waals surface area contributed by atoms with Gasteiger partial charge in [0, 0.05) is 48.1 Å². The fourth-order valence-corrected chi connectivity index (χ4v) is 4.08. The Hall–Kier alpha value is -2.67. The van der Waals surface area contributed by atoms with E-state index >= 15 is 0 Å². The minimum atomic E-state index is 0.185. The highest BCUT2D eigenvalue weighted by Gasteiger charge is 2.33. The van der Waals surface area contributed by atoms with Gasteiger partial charge in [-0.2, -0.15) is 9.61 Å². The molecule has 0 bridgehead atoms. The van der Waals surface area contributed by atoms with E-state index in [4.69, 9.17) is 9.72 Å². The zero-order chi connectivity index (χ0) is 18.4. The molecule has 7 nitrogen and oxygen atoms in total. The summed E-state index contributed by atoms with van der Waals surface area (Å²) in [7, 11) is 0. The maximum atomic E-state index is 6.19. The second-order valence-corrected chi connectivity index (χ2v) is 7.44. The lowest BCUT2D eigenvalue weighted by atomic mass is 10.1. The van der Waals surface area contributed by atoms with Gasteiger partial charge in [0.1, 0.15) is 17.7 Å². The number of hydrogen-bond donors (Lipinski definition) is 1. The van der Waals surface area contributed by atoms with Gasteiger partial charge in [-0.3, -0.25) is 4.98 Å². The summed E-state index contributed by atoms with van der Waals surface area (Å²) in [5.74, 6) is 2.09. The number of pyridine rings is 1. The van der Waals surface area contributed by atoms with Crippen LogP contribution >= 0.6 is 0 Å². The van der Waals surface area contributed by atoms with E-state index in [0.717, 1.165) is 61.8 Å². The van der Waals surface area contributed by atoms with Gasteiger partial charge in [-0.25, -0.2) is 4.98 Å². The lowest BCUT2D eigenvalue weighted by Gasteiger charge is -2.41. The van der Waals surface area contributed by atoms with Crippen molar-refractivity contribution < 1.29 is 4.74 Å². The van der Waals surface area contributed by atoms with Crippen molar-refractivity contribution in [2.24, 2.45) is 0 Å². The first-order valence-corrected chi connectivity index (χ1v) is 9.60. The van der Waals surface area contributed by atoms with Crippen molar-refractivity contribution >= 4 is 11.5 Å². The fraction of sp³-hybridized carbons (Fsp3) is 0.450. The van der Waals surface area contributed by atoms with Crippen LogP contribution in [0.2, 0.25) is 0 Å². The van der Waals surface area contributed by atoms with Crippen LogP contribution in [0.15, 0.2) is 24.4 Å². The van der Waals surface area contributed by atoms with E-state index in [1.54, 1.807) is 0 Å². The number of aromatic nitrogens is 4. The second-order valence-electron chi connectivity index (χ2n) is 7.44. The van der Waals surface area contributed by atoms with Crippen molar-refractivity contribution in [3.05, 3.63) is 47.0 Å². The van der Waals surface area contributed by atoms with E-state index in [0.29, 0.717) is 0 Å². The first-order valence-electron chi connectivity index (χ1n) is 9.60. The number of nitrogens with zero attached hydrogens (tertiary/aromatic N) is 5. The smallest absolute Gasteiger partial charge is 0.157 e. The molecule has 0 aliphatic carbocycles. The first kappa shape index (κ1) is 16.5. The number of hydrogen-bond acceptors (Lipinski definition) is 6. The summed E-state index contributed by atoms with van der Waals surface area (Å²) in [6.45, 7) is 7.69. The summed E-state index contributed by atoms with van der Waals surface area (Å²) in [5.41, 5.74) is 5.44. The summed E-state index contributed by atoms with van der Waals surface area (Å²) in [6.07, 6.45) is 3.97. The third-order valence-corrected chi connectivity index (χ3v) is 5.29. The number of aryl methyl sites for hydroxylation is 2. The molecule has 2 aliphatic rings. The summed E-state index contributed by atoms with van der Waals surface area (Å²) in [5, 5.41) is 8.01. The summed E-state index contributed by atoms with van der Waals surface area (Å²) in [4.78, 5) is 11.6. The molecule has 3 aromatic rings. The van der Waals surface area contributed by atoms with E-state index in [-0.39, 0.29) is 6.10 Å². The average molecular weight is 364 g/mol. The SMILES string of the molecule is Cc1cc(OC2CN(c3c4c(nc5ccnn35)CCNCC4)C2)cc(C)n1. The molecule has 0 unspecified atom stereocenters. The molecule has 5 heterocycles. The molecule has 0 amide bonds. The fourth-order valence-electron chi connectivity index (χ4n) is 4.08.